The van der Waals surface area contributed by atoms with Crippen molar-refractivity contribution in [3.63, 3.8) is 0 Å². The first-order valence-corrected chi connectivity index (χ1v) is 6.11. The van der Waals surface area contributed by atoms with Crippen LogP contribution in [0.3, 0.4) is 0 Å². The third kappa shape index (κ3) is 7.37. The lowest BCUT2D eigenvalue weighted by Gasteiger charge is -2.31. The summed E-state index contributed by atoms with van der Waals surface area (Å²) in [5.41, 5.74) is 0.433. The molecule has 14 heavy (non-hydrogen) atoms. The number of hydrogen-bond acceptors (Lipinski definition) is 1. The Kier molecular flexibility index (Phi) is 6.43. The second kappa shape index (κ2) is 6.44. The van der Waals surface area contributed by atoms with Gasteiger partial charge in [-0.05, 0) is 24.3 Å². The minimum absolute atomic E-state index is 0.433. The van der Waals surface area contributed by atoms with Crippen LogP contribution in [0.5, 0.6) is 0 Å². The van der Waals surface area contributed by atoms with E-state index in [0.29, 0.717) is 5.41 Å². The molecule has 86 valence electrons. The average molecular weight is 199 g/mol. The Morgan fingerprint density at radius 1 is 1.14 bits per heavy atom. The van der Waals surface area contributed by atoms with Gasteiger partial charge in [0.15, 0.2) is 0 Å². The fourth-order valence-electron chi connectivity index (χ4n) is 1.79. The molecule has 0 rings (SSSR count). The van der Waals surface area contributed by atoms with Crippen LogP contribution < -0.4 is 0 Å². The zero-order valence-corrected chi connectivity index (χ0v) is 11.1. The molecule has 0 fully saturated rings. The van der Waals surface area contributed by atoms with Crippen molar-refractivity contribution in [3.8, 4) is 0 Å². The van der Waals surface area contributed by atoms with Crippen molar-refractivity contribution in [1.29, 1.82) is 0 Å². The van der Waals surface area contributed by atoms with E-state index in [4.69, 9.17) is 0 Å². The summed E-state index contributed by atoms with van der Waals surface area (Å²) in [5.74, 6) is 0.837. The van der Waals surface area contributed by atoms with Gasteiger partial charge in [-0.1, -0.05) is 48.0 Å². The van der Waals surface area contributed by atoms with E-state index >= 15 is 0 Å². The van der Waals surface area contributed by atoms with Gasteiger partial charge in [0.1, 0.15) is 0 Å². The molecule has 0 N–H and O–H groups in total. The zero-order valence-electron chi connectivity index (χ0n) is 11.1. The van der Waals surface area contributed by atoms with Crippen molar-refractivity contribution in [3.05, 3.63) is 0 Å². The molecule has 0 amide bonds. The standard InChI is InChI=1S/C13H29N/c1-7-9-14(10-12(3)8-2)11-13(4,5)6/h12H,7-11H2,1-6H3. The highest BCUT2D eigenvalue weighted by Gasteiger charge is 2.16. The lowest BCUT2D eigenvalue weighted by Crippen LogP contribution is -2.36. The molecule has 0 aromatic heterocycles. The lowest BCUT2D eigenvalue weighted by atomic mass is 9.95. The summed E-state index contributed by atoms with van der Waals surface area (Å²) in [6.45, 7) is 17.6. The molecule has 0 aliphatic rings. The highest BCUT2D eigenvalue weighted by Crippen LogP contribution is 2.17. The average Bonchev–Trinajstić information content (AvgIpc) is 2.01. The minimum Gasteiger partial charge on any atom is -0.303 e. The van der Waals surface area contributed by atoms with Crippen molar-refractivity contribution in [2.75, 3.05) is 19.6 Å². The van der Waals surface area contributed by atoms with Crippen LogP contribution in [0.2, 0.25) is 0 Å². The van der Waals surface area contributed by atoms with Gasteiger partial charge in [-0.15, -0.1) is 0 Å². The van der Waals surface area contributed by atoms with Gasteiger partial charge < -0.3 is 4.90 Å². The number of rotatable bonds is 6. The minimum atomic E-state index is 0.433. The highest BCUT2D eigenvalue weighted by molar-refractivity contribution is 4.70. The summed E-state index contributed by atoms with van der Waals surface area (Å²) in [6.07, 6.45) is 2.57. The molecule has 0 bridgehead atoms. The molecule has 1 unspecified atom stereocenters. The molecule has 0 saturated carbocycles. The Morgan fingerprint density at radius 3 is 2.07 bits per heavy atom. The van der Waals surface area contributed by atoms with Crippen molar-refractivity contribution < 1.29 is 0 Å². The largest absolute Gasteiger partial charge is 0.303 e. The molecule has 0 spiro atoms. The summed E-state index contributed by atoms with van der Waals surface area (Å²) in [4.78, 5) is 2.62. The van der Waals surface area contributed by atoms with Crippen molar-refractivity contribution in [2.24, 2.45) is 11.3 Å². The fourth-order valence-corrected chi connectivity index (χ4v) is 1.79. The third-order valence-corrected chi connectivity index (χ3v) is 2.50. The maximum atomic E-state index is 2.62. The van der Waals surface area contributed by atoms with Crippen LogP contribution in [0.15, 0.2) is 0 Å². The molecule has 0 aromatic carbocycles. The van der Waals surface area contributed by atoms with Gasteiger partial charge in [0.2, 0.25) is 0 Å². The molecule has 1 nitrogen and oxygen atoms in total. The second-order valence-electron chi connectivity index (χ2n) is 5.81. The van der Waals surface area contributed by atoms with E-state index in [2.05, 4.69) is 46.4 Å². The monoisotopic (exact) mass is 199 g/mol. The Labute approximate surface area is 90.9 Å². The second-order valence-corrected chi connectivity index (χ2v) is 5.81. The normalized spacial score (nSPS) is 14.8. The lowest BCUT2D eigenvalue weighted by molar-refractivity contribution is 0.169. The highest BCUT2D eigenvalue weighted by atomic mass is 15.1. The first-order chi connectivity index (χ1) is 6.39. The molecule has 0 aromatic rings. The first kappa shape index (κ1) is 14.0. The van der Waals surface area contributed by atoms with Gasteiger partial charge in [-0.3, -0.25) is 0 Å². The zero-order chi connectivity index (χ0) is 11.2. The molecule has 1 atom stereocenters. The first-order valence-electron chi connectivity index (χ1n) is 6.11. The molecule has 0 saturated heterocycles. The van der Waals surface area contributed by atoms with Crippen molar-refractivity contribution >= 4 is 0 Å². The van der Waals surface area contributed by atoms with Gasteiger partial charge in [-0.2, -0.15) is 0 Å². The predicted octanol–water partition coefficient (Wildman–Crippen LogP) is 3.79. The Hall–Kier alpha value is -0.0400. The molecular formula is C13H29N. The van der Waals surface area contributed by atoms with E-state index in [1.165, 1.54) is 32.5 Å². The maximum absolute atomic E-state index is 2.62. The van der Waals surface area contributed by atoms with Gasteiger partial charge in [-0.25, -0.2) is 0 Å². The van der Waals surface area contributed by atoms with Crippen LogP contribution in [0.25, 0.3) is 0 Å². The van der Waals surface area contributed by atoms with Gasteiger partial charge in [0.05, 0.1) is 0 Å². The molecular weight excluding hydrogens is 170 g/mol. The van der Waals surface area contributed by atoms with Gasteiger partial charge >= 0.3 is 0 Å². The molecule has 0 radical (unpaired) electrons. The topological polar surface area (TPSA) is 3.24 Å². The summed E-state index contributed by atoms with van der Waals surface area (Å²) < 4.78 is 0. The van der Waals surface area contributed by atoms with E-state index in [9.17, 15) is 0 Å². The van der Waals surface area contributed by atoms with Crippen LogP contribution in [0.4, 0.5) is 0 Å². The fraction of sp³-hybridized carbons (Fsp3) is 1.00. The van der Waals surface area contributed by atoms with Crippen LogP contribution in [0.1, 0.15) is 54.4 Å². The predicted molar refractivity (Wildman–Crippen MR) is 65.6 cm³/mol. The summed E-state index contributed by atoms with van der Waals surface area (Å²) in [6, 6.07) is 0. The van der Waals surface area contributed by atoms with Crippen molar-refractivity contribution in [2.45, 2.75) is 54.4 Å². The molecule has 1 heteroatoms. The summed E-state index contributed by atoms with van der Waals surface area (Å²) in [7, 11) is 0. The molecule has 0 heterocycles. The number of hydrogen-bond donors (Lipinski definition) is 0. The quantitative estimate of drug-likeness (QED) is 0.629. The van der Waals surface area contributed by atoms with E-state index < -0.39 is 0 Å². The number of nitrogens with zero attached hydrogens (tertiary/aromatic N) is 1. The molecule has 0 aliphatic heterocycles. The maximum Gasteiger partial charge on any atom is 0.00302 e. The summed E-state index contributed by atoms with van der Waals surface area (Å²) in [5, 5.41) is 0. The smallest absolute Gasteiger partial charge is 0.00302 e. The summed E-state index contributed by atoms with van der Waals surface area (Å²) >= 11 is 0. The Morgan fingerprint density at radius 2 is 1.71 bits per heavy atom. The SMILES string of the molecule is CCCN(CC(C)CC)CC(C)(C)C. The van der Waals surface area contributed by atoms with Crippen molar-refractivity contribution in [1.82, 2.24) is 4.90 Å². The Bertz CT molecular complexity index is 135. The van der Waals surface area contributed by atoms with Crippen LogP contribution >= 0.6 is 0 Å². The van der Waals surface area contributed by atoms with Crippen LogP contribution in [-0.2, 0) is 0 Å². The Balaban J connectivity index is 4.01. The molecule has 0 aliphatic carbocycles. The van der Waals surface area contributed by atoms with E-state index in [1.807, 2.05) is 0 Å². The van der Waals surface area contributed by atoms with Crippen LogP contribution in [0, 0.1) is 11.3 Å². The van der Waals surface area contributed by atoms with E-state index in [0.717, 1.165) is 5.92 Å². The van der Waals surface area contributed by atoms with Gasteiger partial charge in [0, 0.05) is 13.1 Å². The van der Waals surface area contributed by atoms with E-state index in [-0.39, 0.29) is 0 Å². The third-order valence-electron chi connectivity index (χ3n) is 2.50. The van der Waals surface area contributed by atoms with Gasteiger partial charge in [0.25, 0.3) is 0 Å². The van der Waals surface area contributed by atoms with Crippen LogP contribution in [-0.4, -0.2) is 24.5 Å². The van der Waals surface area contributed by atoms with E-state index in [1.54, 1.807) is 0 Å².